The quantitative estimate of drug-likeness (QED) is 0.504. The summed E-state index contributed by atoms with van der Waals surface area (Å²) >= 11 is 0. The summed E-state index contributed by atoms with van der Waals surface area (Å²) in [6.45, 7) is 3.17. The molecule has 4 N–H and O–H groups in total. The van der Waals surface area contributed by atoms with Crippen LogP contribution in [0.3, 0.4) is 0 Å². The molecule has 9 heavy (non-hydrogen) atoms. The molecule has 0 aliphatic carbocycles. The normalized spacial score (nSPS) is 15.2. The van der Waals surface area contributed by atoms with E-state index in [1.54, 1.807) is 6.92 Å². The van der Waals surface area contributed by atoms with E-state index in [1.807, 2.05) is 0 Å². The van der Waals surface area contributed by atoms with Crippen LogP contribution in [0.25, 0.3) is 0 Å². The van der Waals surface area contributed by atoms with E-state index in [0.29, 0.717) is 0 Å². The van der Waals surface area contributed by atoms with Crippen LogP contribution in [0.15, 0.2) is 11.8 Å². The van der Waals surface area contributed by atoms with E-state index in [4.69, 9.17) is 11.5 Å². The molecular formula is C6H12N2O. The van der Waals surface area contributed by atoms with Crippen LogP contribution in [-0.2, 0) is 4.79 Å². The molecule has 0 bridgehead atoms. The summed E-state index contributed by atoms with van der Waals surface area (Å²) in [5.41, 5.74) is 10.8. The number of carbonyl (C=O) groups excluding carboxylic acids is 1. The van der Waals surface area contributed by atoms with Gasteiger partial charge in [0.25, 0.3) is 0 Å². The van der Waals surface area contributed by atoms with Gasteiger partial charge in [0, 0.05) is 13.0 Å². The first-order chi connectivity index (χ1) is 4.04. The molecule has 0 heterocycles. The first-order valence-corrected chi connectivity index (χ1v) is 2.78. The average molecular weight is 128 g/mol. The minimum absolute atomic E-state index is 0.132. The molecule has 0 saturated heterocycles. The van der Waals surface area contributed by atoms with Crippen molar-refractivity contribution in [2.75, 3.05) is 0 Å². The Morgan fingerprint density at radius 3 is 2.22 bits per heavy atom. The fourth-order valence-corrected chi connectivity index (χ4v) is 0.401. The molecule has 1 unspecified atom stereocenters. The Kier molecular flexibility index (Phi) is 2.95. The fraction of sp³-hybridized carbons (Fsp3) is 0.500. The van der Waals surface area contributed by atoms with E-state index in [-0.39, 0.29) is 17.5 Å². The molecule has 0 aromatic heterocycles. The molecule has 0 radical (unpaired) electrons. The van der Waals surface area contributed by atoms with Crippen LogP contribution in [0.1, 0.15) is 13.8 Å². The van der Waals surface area contributed by atoms with Gasteiger partial charge in [0.15, 0.2) is 5.78 Å². The van der Waals surface area contributed by atoms with E-state index in [9.17, 15) is 4.79 Å². The SMILES string of the molecule is CC(=O)/C(N)=C/C(C)N. The molecule has 0 aromatic carbocycles. The molecule has 0 aromatic rings. The first kappa shape index (κ1) is 8.17. The van der Waals surface area contributed by atoms with E-state index < -0.39 is 0 Å². The molecule has 3 nitrogen and oxygen atoms in total. The van der Waals surface area contributed by atoms with Crippen molar-refractivity contribution >= 4 is 5.78 Å². The van der Waals surface area contributed by atoms with E-state index in [0.717, 1.165) is 0 Å². The monoisotopic (exact) mass is 128 g/mol. The van der Waals surface area contributed by atoms with Crippen LogP contribution in [0.2, 0.25) is 0 Å². The Labute approximate surface area is 54.7 Å². The van der Waals surface area contributed by atoms with E-state index in [1.165, 1.54) is 13.0 Å². The van der Waals surface area contributed by atoms with Crippen molar-refractivity contribution in [2.24, 2.45) is 11.5 Å². The van der Waals surface area contributed by atoms with Gasteiger partial charge in [-0.1, -0.05) is 0 Å². The highest BCUT2D eigenvalue weighted by molar-refractivity contribution is 5.92. The summed E-state index contributed by atoms with van der Waals surface area (Å²) in [7, 11) is 0. The molecular weight excluding hydrogens is 116 g/mol. The van der Waals surface area contributed by atoms with Gasteiger partial charge in [-0.2, -0.15) is 0 Å². The van der Waals surface area contributed by atoms with Gasteiger partial charge in [0.2, 0.25) is 0 Å². The maximum Gasteiger partial charge on any atom is 0.175 e. The van der Waals surface area contributed by atoms with Crippen molar-refractivity contribution in [3.8, 4) is 0 Å². The lowest BCUT2D eigenvalue weighted by molar-refractivity contribution is -0.113. The van der Waals surface area contributed by atoms with Crippen LogP contribution >= 0.6 is 0 Å². The van der Waals surface area contributed by atoms with Crippen molar-refractivity contribution in [3.05, 3.63) is 11.8 Å². The van der Waals surface area contributed by atoms with Crippen molar-refractivity contribution < 1.29 is 4.79 Å². The predicted octanol–water partition coefficient (Wildman–Crippen LogP) is -0.235. The second-order valence-electron chi connectivity index (χ2n) is 2.04. The van der Waals surface area contributed by atoms with Crippen molar-refractivity contribution in [1.82, 2.24) is 0 Å². The average Bonchev–Trinajstić information content (AvgIpc) is 1.63. The van der Waals surface area contributed by atoms with Gasteiger partial charge in [-0.15, -0.1) is 0 Å². The van der Waals surface area contributed by atoms with Crippen molar-refractivity contribution in [3.63, 3.8) is 0 Å². The van der Waals surface area contributed by atoms with Gasteiger partial charge < -0.3 is 11.5 Å². The smallest absolute Gasteiger partial charge is 0.175 e. The van der Waals surface area contributed by atoms with Gasteiger partial charge in [0.1, 0.15) is 0 Å². The molecule has 0 aliphatic heterocycles. The molecule has 0 aliphatic rings. The van der Waals surface area contributed by atoms with Gasteiger partial charge in [-0.25, -0.2) is 0 Å². The van der Waals surface area contributed by atoms with Crippen LogP contribution in [0, 0.1) is 0 Å². The van der Waals surface area contributed by atoms with E-state index in [2.05, 4.69) is 0 Å². The maximum absolute atomic E-state index is 10.4. The number of nitrogens with two attached hydrogens (primary N) is 2. The highest BCUT2D eigenvalue weighted by atomic mass is 16.1. The van der Waals surface area contributed by atoms with Crippen LogP contribution in [0.4, 0.5) is 0 Å². The molecule has 0 fully saturated rings. The summed E-state index contributed by atoms with van der Waals surface area (Å²) < 4.78 is 0. The topological polar surface area (TPSA) is 69.1 Å². The molecule has 0 spiro atoms. The zero-order valence-electron chi connectivity index (χ0n) is 5.72. The van der Waals surface area contributed by atoms with E-state index >= 15 is 0 Å². The number of hydrogen-bond acceptors (Lipinski definition) is 3. The molecule has 0 saturated carbocycles. The highest BCUT2D eigenvalue weighted by Crippen LogP contribution is 1.87. The summed E-state index contributed by atoms with van der Waals surface area (Å²) in [6.07, 6.45) is 1.53. The maximum atomic E-state index is 10.4. The number of rotatable bonds is 2. The predicted molar refractivity (Wildman–Crippen MR) is 36.6 cm³/mol. The Morgan fingerprint density at radius 1 is 1.67 bits per heavy atom. The lowest BCUT2D eigenvalue weighted by Gasteiger charge is -1.97. The van der Waals surface area contributed by atoms with Gasteiger partial charge >= 0.3 is 0 Å². The lowest BCUT2D eigenvalue weighted by atomic mass is 10.2. The number of allylic oxidation sites excluding steroid dienone is 1. The summed E-state index contributed by atoms with van der Waals surface area (Å²) in [5.74, 6) is -0.132. The zero-order chi connectivity index (χ0) is 7.44. The lowest BCUT2D eigenvalue weighted by Crippen LogP contribution is -2.17. The van der Waals surface area contributed by atoms with Crippen LogP contribution in [0.5, 0.6) is 0 Å². The fourth-order valence-electron chi connectivity index (χ4n) is 0.401. The third kappa shape index (κ3) is 3.73. The van der Waals surface area contributed by atoms with Crippen molar-refractivity contribution in [2.45, 2.75) is 19.9 Å². The number of hydrogen-bond donors (Lipinski definition) is 2. The van der Waals surface area contributed by atoms with Gasteiger partial charge in [-0.05, 0) is 13.0 Å². The summed E-state index contributed by atoms with van der Waals surface area (Å²) in [6, 6.07) is -0.145. The van der Waals surface area contributed by atoms with Crippen molar-refractivity contribution in [1.29, 1.82) is 0 Å². The summed E-state index contributed by atoms with van der Waals surface area (Å²) in [4.78, 5) is 10.4. The van der Waals surface area contributed by atoms with Gasteiger partial charge in [-0.3, -0.25) is 4.79 Å². The first-order valence-electron chi connectivity index (χ1n) is 2.78. The Morgan fingerprint density at radius 2 is 2.11 bits per heavy atom. The highest BCUT2D eigenvalue weighted by Gasteiger charge is 1.96. The third-order valence-corrected chi connectivity index (χ3v) is 0.849. The third-order valence-electron chi connectivity index (χ3n) is 0.849. The molecule has 1 atom stereocenters. The second-order valence-corrected chi connectivity index (χ2v) is 2.04. The largest absolute Gasteiger partial charge is 0.396 e. The van der Waals surface area contributed by atoms with Crippen LogP contribution in [-0.4, -0.2) is 11.8 Å². The number of Topliss-reactive ketones (excluding diaryl/α,β-unsaturated/α-hetero) is 1. The van der Waals surface area contributed by atoms with Crippen LogP contribution < -0.4 is 11.5 Å². The van der Waals surface area contributed by atoms with Gasteiger partial charge in [0.05, 0.1) is 5.70 Å². The minimum atomic E-state index is -0.145. The minimum Gasteiger partial charge on any atom is -0.396 e. The number of ketones is 1. The molecule has 0 rings (SSSR count). The Balaban J connectivity index is 4.00. The Hall–Kier alpha value is -0.830. The Bertz CT molecular complexity index is 138. The molecule has 0 amide bonds. The standard InChI is InChI=1S/C6H12N2O/c1-4(7)3-6(8)5(2)9/h3-4H,7-8H2,1-2H3/b6-3-. The second kappa shape index (κ2) is 3.25. The number of carbonyl (C=O) groups is 1. The molecule has 52 valence electrons. The zero-order valence-corrected chi connectivity index (χ0v) is 5.72. The summed E-state index contributed by atoms with van der Waals surface area (Å²) in [5, 5.41) is 0. The molecule has 3 heteroatoms.